The molecule has 2 aliphatic heterocycles. The van der Waals surface area contributed by atoms with Crippen LogP contribution in [0.3, 0.4) is 0 Å². The minimum Gasteiger partial charge on any atom is -0.441 e. The lowest BCUT2D eigenvalue weighted by molar-refractivity contribution is -0.769. The highest BCUT2D eigenvalue weighted by Crippen LogP contribution is 2.32. The van der Waals surface area contributed by atoms with Gasteiger partial charge in [-0.3, -0.25) is 5.32 Å². The maximum atomic E-state index is 12.7. The topological polar surface area (TPSA) is 109 Å². The van der Waals surface area contributed by atoms with Crippen LogP contribution in [-0.4, -0.2) is 48.8 Å². The number of ether oxygens (including phenoxy) is 3. The Morgan fingerprint density at radius 2 is 1.88 bits per heavy atom. The van der Waals surface area contributed by atoms with E-state index in [4.69, 9.17) is 14.2 Å². The highest BCUT2D eigenvalue weighted by atomic mass is 19.4. The van der Waals surface area contributed by atoms with Crippen LogP contribution in [0.15, 0.2) is 24.3 Å². The van der Waals surface area contributed by atoms with Gasteiger partial charge in [0.1, 0.15) is 12.2 Å². The number of halogens is 3. The lowest BCUT2D eigenvalue weighted by atomic mass is 10.1. The Labute approximate surface area is 144 Å². The fraction of sp³-hybridized carbons (Fsp3) is 0.500. The van der Waals surface area contributed by atoms with Crippen LogP contribution < -0.4 is 5.32 Å². The van der Waals surface area contributed by atoms with Crippen molar-refractivity contribution in [1.82, 2.24) is 0 Å². The van der Waals surface area contributed by atoms with Crippen LogP contribution in [0.25, 0.3) is 0 Å². The number of rotatable bonds is 4. The number of nitrogens with one attached hydrogen (secondary N) is 1. The number of carbonyl (C=O) groups is 1. The molecule has 1 amide bonds. The largest absolute Gasteiger partial charge is 0.441 e. The average Bonchev–Trinajstić information content (AvgIpc) is 3.10. The molecule has 2 aliphatic rings. The molecule has 4 atom stereocenters. The van der Waals surface area contributed by atoms with Gasteiger partial charge in [-0.25, -0.2) is 4.79 Å². The Kier molecular flexibility index (Phi) is 4.87. The number of hydrogen-bond donors (Lipinski definition) is 1. The predicted octanol–water partition coefficient (Wildman–Crippen LogP) is 2.00. The number of benzene rings is 1. The third-order valence-corrected chi connectivity index (χ3v) is 3.88. The Balaban J connectivity index is 1.57. The highest BCUT2D eigenvalue weighted by molar-refractivity contribution is 5.84. The van der Waals surface area contributed by atoms with E-state index < -0.39 is 47.3 Å². The van der Waals surface area contributed by atoms with Crippen molar-refractivity contribution in [2.45, 2.75) is 30.6 Å². The Hall–Kier alpha value is -2.60. The lowest BCUT2D eigenvalue weighted by Crippen LogP contribution is -2.36. The van der Waals surface area contributed by atoms with E-state index in [-0.39, 0.29) is 18.9 Å². The lowest BCUT2D eigenvalue weighted by Gasteiger charge is -2.17. The van der Waals surface area contributed by atoms with E-state index in [1.807, 2.05) is 0 Å². The van der Waals surface area contributed by atoms with Gasteiger partial charge in [0.05, 0.1) is 18.8 Å². The number of anilines is 1. The van der Waals surface area contributed by atoms with Gasteiger partial charge in [0.2, 0.25) is 0 Å². The van der Waals surface area contributed by atoms with Gasteiger partial charge in [0.25, 0.3) is 5.09 Å². The minimum absolute atomic E-state index is 0.0804. The average molecular weight is 378 g/mol. The molecule has 1 N–H and O–H groups in total. The molecular formula is C14H13F3N2O7. The van der Waals surface area contributed by atoms with Crippen LogP contribution in [0.4, 0.5) is 23.7 Å². The van der Waals surface area contributed by atoms with Gasteiger partial charge in [0.15, 0.2) is 12.2 Å². The Bertz CT molecular complexity index is 699. The van der Waals surface area contributed by atoms with Crippen molar-refractivity contribution in [2.24, 2.45) is 0 Å². The number of hydrogen-bond acceptors (Lipinski definition) is 7. The monoisotopic (exact) mass is 378 g/mol. The molecule has 26 heavy (non-hydrogen) atoms. The number of alkyl halides is 3. The van der Waals surface area contributed by atoms with Crippen molar-refractivity contribution >= 4 is 11.8 Å². The number of fused-ring (bicyclic) bond motifs is 1. The van der Waals surface area contributed by atoms with Crippen molar-refractivity contribution in [3.05, 3.63) is 39.9 Å². The first-order valence-corrected chi connectivity index (χ1v) is 7.43. The van der Waals surface area contributed by atoms with E-state index in [9.17, 15) is 28.1 Å². The zero-order valence-corrected chi connectivity index (χ0v) is 13.0. The fourth-order valence-electron chi connectivity index (χ4n) is 2.79. The maximum absolute atomic E-state index is 12.7. The van der Waals surface area contributed by atoms with E-state index in [2.05, 4.69) is 10.2 Å². The smallest absolute Gasteiger partial charge is 0.416 e. The van der Waals surface area contributed by atoms with E-state index in [0.29, 0.717) is 0 Å². The Morgan fingerprint density at radius 3 is 2.54 bits per heavy atom. The molecule has 2 heterocycles. The van der Waals surface area contributed by atoms with Crippen LogP contribution in [0.1, 0.15) is 5.56 Å². The maximum Gasteiger partial charge on any atom is 0.416 e. The van der Waals surface area contributed by atoms with E-state index in [1.165, 1.54) is 6.07 Å². The van der Waals surface area contributed by atoms with Crippen LogP contribution in [-0.2, 0) is 25.2 Å². The molecular weight excluding hydrogens is 365 g/mol. The first-order chi connectivity index (χ1) is 12.2. The van der Waals surface area contributed by atoms with E-state index >= 15 is 0 Å². The summed E-state index contributed by atoms with van der Waals surface area (Å²) in [6.45, 7) is -0.186. The molecule has 1 aromatic carbocycles. The van der Waals surface area contributed by atoms with Crippen molar-refractivity contribution in [2.75, 3.05) is 18.5 Å². The molecule has 0 aliphatic carbocycles. The summed E-state index contributed by atoms with van der Waals surface area (Å²) in [5.41, 5.74) is -1.01. The van der Waals surface area contributed by atoms with Gasteiger partial charge in [0, 0.05) is 5.69 Å². The molecule has 3 rings (SSSR count). The van der Waals surface area contributed by atoms with Crippen molar-refractivity contribution < 1.29 is 42.1 Å². The summed E-state index contributed by atoms with van der Waals surface area (Å²) in [5, 5.41) is 11.6. The van der Waals surface area contributed by atoms with Gasteiger partial charge >= 0.3 is 12.3 Å². The molecule has 142 valence electrons. The SMILES string of the molecule is O=C(Nc1cccc(C(F)(F)F)c1)O[C@H]1CO[C@H]2[C@@H]1OC[C@H]2O[N+](=O)[O-]. The summed E-state index contributed by atoms with van der Waals surface area (Å²) >= 11 is 0. The van der Waals surface area contributed by atoms with Gasteiger partial charge in [-0.2, -0.15) is 13.2 Å². The molecule has 0 bridgehead atoms. The molecule has 0 radical (unpaired) electrons. The minimum atomic E-state index is -4.54. The van der Waals surface area contributed by atoms with Gasteiger partial charge in [-0.1, -0.05) is 6.07 Å². The number of amides is 1. The molecule has 0 unspecified atom stereocenters. The van der Waals surface area contributed by atoms with Gasteiger partial charge < -0.3 is 19.0 Å². The van der Waals surface area contributed by atoms with Crippen LogP contribution in [0.5, 0.6) is 0 Å². The summed E-state index contributed by atoms with van der Waals surface area (Å²) < 4.78 is 53.7. The third kappa shape index (κ3) is 3.96. The Morgan fingerprint density at radius 1 is 1.23 bits per heavy atom. The summed E-state index contributed by atoms with van der Waals surface area (Å²) in [4.78, 5) is 26.7. The summed E-state index contributed by atoms with van der Waals surface area (Å²) in [5.74, 6) is 0. The zero-order valence-electron chi connectivity index (χ0n) is 13.0. The van der Waals surface area contributed by atoms with Crippen LogP contribution >= 0.6 is 0 Å². The van der Waals surface area contributed by atoms with Crippen molar-refractivity contribution in [3.63, 3.8) is 0 Å². The van der Waals surface area contributed by atoms with Crippen molar-refractivity contribution in [1.29, 1.82) is 0 Å². The molecule has 1 aromatic rings. The first-order valence-electron chi connectivity index (χ1n) is 7.43. The second-order valence-corrected chi connectivity index (χ2v) is 5.61. The van der Waals surface area contributed by atoms with Gasteiger partial charge in [-0.05, 0) is 18.2 Å². The second kappa shape index (κ2) is 6.96. The van der Waals surface area contributed by atoms with Crippen LogP contribution in [0, 0.1) is 10.1 Å². The second-order valence-electron chi connectivity index (χ2n) is 5.61. The zero-order chi connectivity index (χ0) is 18.9. The molecule has 12 heteroatoms. The molecule has 2 fully saturated rings. The predicted molar refractivity (Wildman–Crippen MR) is 76.7 cm³/mol. The summed E-state index contributed by atoms with van der Waals surface area (Å²) in [7, 11) is 0. The highest BCUT2D eigenvalue weighted by Gasteiger charge is 2.51. The molecule has 2 saturated heterocycles. The summed E-state index contributed by atoms with van der Waals surface area (Å²) in [6.07, 6.45) is -8.88. The fourth-order valence-corrected chi connectivity index (χ4v) is 2.79. The first kappa shape index (κ1) is 18.2. The van der Waals surface area contributed by atoms with E-state index in [0.717, 1.165) is 18.2 Å². The molecule has 0 aromatic heterocycles. The number of nitrogens with zero attached hydrogens (tertiary/aromatic N) is 1. The van der Waals surface area contributed by atoms with Crippen molar-refractivity contribution in [3.8, 4) is 0 Å². The third-order valence-electron chi connectivity index (χ3n) is 3.88. The molecule has 0 saturated carbocycles. The summed E-state index contributed by atoms with van der Waals surface area (Å²) in [6, 6.07) is 4.06. The van der Waals surface area contributed by atoms with E-state index in [1.54, 1.807) is 0 Å². The standard InChI is InChI=1S/C14H13F3N2O7/c15-14(16,17)7-2-1-3-8(4-7)18-13(20)25-9-5-23-12-10(26-19(21)22)6-24-11(9)12/h1-4,9-12H,5-6H2,(H,18,20)/t9-,10+,11+,12+/m0/s1. The molecule has 9 nitrogen and oxygen atoms in total. The quantitative estimate of drug-likeness (QED) is 0.630. The normalized spacial score (nSPS) is 27.7. The van der Waals surface area contributed by atoms with Crippen LogP contribution in [0.2, 0.25) is 0 Å². The van der Waals surface area contributed by atoms with Gasteiger partial charge in [-0.15, -0.1) is 10.1 Å². The molecule has 0 spiro atoms. The number of carbonyl (C=O) groups excluding carboxylic acids is 1.